The summed E-state index contributed by atoms with van der Waals surface area (Å²) in [5, 5.41) is 6.08. The van der Waals surface area contributed by atoms with Gasteiger partial charge in [-0.25, -0.2) is 8.42 Å². The molecule has 0 aliphatic heterocycles. The van der Waals surface area contributed by atoms with E-state index in [0.717, 1.165) is 4.31 Å². The Balaban J connectivity index is 2.04. The second-order valence-corrected chi connectivity index (χ2v) is 6.49. The molecule has 1 amide bonds. The lowest BCUT2D eigenvalue weighted by Crippen LogP contribution is -2.35. The topological polar surface area (TPSA) is 92.5 Å². The van der Waals surface area contributed by atoms with E-state index >= 15 is 0 Å². The first-order valence-electron chi connectivity index (χ1n) is 6.14. The van der Waals surface area contributed by atoms with Crippen LogP contribution in [0.3, 0.4) is 0 Å². The van der Waals surface area contributed by atoms with E-state index < -0.39 is 15.9 Å². The van der Waals surface area contributed by atoms with E-state index in [1.807, 2.05) is 0 Å². The number of nitrogens with one attached hydrogen (secondary N) is 1. The zero-order chi connectivity index (χ0) is 15.5. The van der Waals surface area contributed by atoms with E-state index in [2.05, 4.69) is 10.5 Å². The van der Waals surface area contributed by atoms with E-state index in [1.165, 1.54) is 19.2 Å². The Morgan fingerprint density at radius 2 is 2.00 bits per heavy atom. The van der Waals surface area contributed by atoms with E-state index in [9.17, 15) is 13.2 Å². The first kappa shape index (κ1) is 15.2. The van der Waals surface area contributed by atoms with Gasteiger partial charge in [0.15, 0.2) is 5.82 Å². The lowest BCUT2D eigenvalue weighted by Gasteiger charge is -2.16. The van der Waals surface area contributed by atoms with Crippen LogP contribution in [-0.2, 0) is 14.8 Å². The number of benzene rings is 1. The molecule has 0 fully saturated rings. The monoisotopic (exact) mass is 309 g/mol. The zero-order valence-corrected chi connectivity index (χ0v) is 12.4. The van der Waals surface area contributed by atoms with Gasteiger partial charge in [-0.2, -0.15) is 4.31 Å². The third-order valence-corrected chi connectivity index (χ3v) is 4.53. The summed E-state index contributed by atoms with van der Waals surface area (Å²) in [6, 6.07) is 9.47. The molecule has 0 atom stereocenters. The van der Waals surface area contributed by atoms with Crippen molar-refractivity contribution in [3.8, 4) is 0 Å². The van der Waals surface area contributed by atoms with Crippen molar-refractivity contribution in [3.05, 3.63) is 42.2 Å². The molecule has 0 saturated heterocycles. The Labute approximate surface area is 122 Å². The highest BCUT2D eigenvalue weighted by Crippen LogP contribution is 2.13. The molecular formula is C13H15N3O4S. The van der Waals surface area contributed by atoms with Crippen LogP contribution in [0.25, 0.3) is 0 Å². The summed E-state index contributed by atoms with van der Waals surface area (Å²) in [5.74, 6) is 0.309. The minimum absolute atomic E-state index is 0.137. The van der Waals surface area contributed by atoms with Crippen LogP contribution in [0.4, 0.5) is 5.82 Å². The minimum atomic E-state index is -3.69. The average molecular weight is 309 g/mol. The largest absolute Gasteiger partial charge is 0.360 e. The summed E-state index contributed by atoms with van der Waals surface area (Å²) >= 11 is 0. The van der Waals surface area contributed by atoms with Crippen molar-refractivity contribution in [3.63, 3.8) is 0 Å². The summed E-state index contributed by atoms with van der Waals surface area (Å²) in [5.41, 5.74) is 0. The quantitative estimate of drug-likeness (QED) is 0.897. The molecule has 8 heteroatoms. The first-order valence-corrected chi connectivity index (χ1v) is 7.58. The molecule has 0 radical (unpaired) electrons. The van der Waals surface area contributed by atoms with Crippen molar-refractivity contribution in [2.24, 2.45) is 0 Å². The SMILES string of the molecule is Cc1cc(NC(=O)CN(C)S(=O)(=O)c2ccccc2)no1. The molecule has 0 spiro atoms. The smallest absolute Gasteiger partial charge is 0.243 e. The number of nitrogens with zero attached hydrogens (tertiary/aromatic N) is 2. The number of likely N-dealkylation sites (N-methyl/N-ethyl adjacent to an activating group) is 1. The molecule has 1 aromatic carbocycles. The summed E-state index contributed by atoms with van der Waals surface area (Å²) in [4.78, 5) is 11.9. The number of carbonyl (C=O) groups is 1. The van der Waals surface area contributed by atoms with Crippen LogP contribution < -0.4 is 5.32 Å². The van der Waals surface area contributed by atoms with Crippen molar-refractivity contribution >= 4 is 21.7 Å². The number of carbonyl (C=O) groups excluding carboxylic acids is 1. The van der Waals surface area contributed by atoms with Gasteiger partial charge in [0.25, 0.3) is 0 Å². The van der Waals surface area contributed by atoms with Crippen LogP contribution in [0, 0.1) is 6.92 Å². The van der Waals surface area contributed by atoms with Gasteiger partial charge in [0, 0.05) is 13.1 Å². The standard InChI is InChI=1S/C13H15N3O4S/c1-10-8-12(15-20-10)14-13(17)9-16(2)21(18,19)11-6-4-3-5-7-11/h3-8H,9H2,1-2H3,(H,14,15,17). The normalized spacial score (nSPS) is 11.6. The van der Waals surface area contributed by atoms with Gasteiger partial charge in [0.1, 0.15) is 5.76 Å². The predicted octanol–water partition coefficient (Wildman–Crippen LogP) is 1.24. The molecule has 1 heterocycles. The van der Waals surface area contributed by atoms with Crippen LogP contribution >= 0.6 is 0 Å². The van der Waals surface area contributed by atoms with E-state index in [0.29, 0.717) is 5.76 Å². The first-order chi connectivity index (χ1) is 9.89. The second kappa shape index (κ2) is 6.06. The number of hydrogen-bond donors (Lipinski definition) is 1. The van der Waals surface area contributed by atoms with E-state index in [4.69, 9.17) is 4.52 Å². The molecule has 2 aromatic rings. The molecule has 0 unspecified atom stereocenters. The molecular weight excluding hydrogens is 294 g/mol. The molecule has 0 aliphatic carbocycles. The number of sulfonamides is 1. The fourth-order valence-corrected chi connectivity index (χ4v) is 2.82. The van der Waals surface area contributed by atoms with Gasteiger partial charge in [0.05, 0.1) is 11.4 Å². The Bertz CT molecular complexity index is 725. The van der Waals surface area contributed by atoms with Crippen molar-refractivity contribution in [1.82, 2.24) is 9.46 Å². The number of rotatable bonds is 5. The lowest BCUT2D eigenvalue weighted by atomic mass is 10.4. The third kappa shape index (κ3) is 3.67. The number of aromatic nitrogens is 1. The van der Waals surface area contributed by atoms with Gasteiger partial charge in [-0.15, -0.1) is 0 Å². The van der Waals surface area contributed by atoms with Gasteiger partial charge in [-0.1, -0.05) is 23.4 Å². The Morgan fingerprint density at radius 1 is 1.33 bits per heavy atom. The lowest BCUT2D eigenvalue weighted by molar-refractivity contribution is -0.116. The van der Waals surface area contributed by atoms with Crippen LogP contribution in [0.1, 0.15) is 5.76 Å². The van der Waals surface area contributed by atoms with E-state index in [1.54, 1.807) is 31.2 Å². The Kier molecular flexibility index (Phi) is 4.39. The van der Waals surface area contributed by atoms with Crippen molar-refractivity contribution in [2.45, 2.75) is 11.8 Å². The molecule has 7 nitrogen and oxygen atoms in total. The van der Waals surface area contributed by atoms with Crippen LogP contribution in [0.5, 0.6) is 0 Å². The fourth-order valence-electron chi connectivity index (χ4n) is 1.67. The minimum Gasteiger partial charge on any atom is -0.360 e. The van der Waals surface area contributed by atoms with Crippen molar-refractivity contribution in [2.75, 3.05) is 18.9 Å². The molecule has 1 aromatic heterocycles. The van der Waals surface area contributed by atoms with Gasteiger partial charge >= 0.3 is 0 Å². The van der Waals surface area contributed by atoms with Gasteiger partial charge < -0.3 is 9.84 Å². The van der Waals surface area contributed by atoms with Crippen LogP contribution in [0.2, 0.25) is 0 Å². The Hall–Kier alpha value is -2.19. The van der Waals surface area contributed by atoms with Gasteiger partial charge in [-0.05, 0) is 19.1 Å². The van der Waals surface area contributed by atoms with Gasteiger partial charge in [0.2, 0.25) is 15.9 Å². The summed E-state index contributed by atoms with van der Waals surface area (Å²) in [6.07, 6.45) is 0. The van der Waals surface area contributed by atoms with Gasteiger partial charge in [-0.3, -0.25) is 4.79 Å². The van der Waals surface area contributed by atoms with Crippen molar-refractivity contribution in [1.29, 1.82) is 0 Å². The number of aryl methyl sites for hydroxylation is 1. The number of anilines is 1. The highest BCUT2D eigenvalue weighted by Gasteiger charge is 2.22. The molecule has 2 rings (SSSR count). The molecule has 0 bridgehead atoms. The maximum Gasteiger partial charge on any atom is 0.243 e. The highest BCUT2D eigenvalue weighted by atomic mass is 32.2. The molecule has 0 saturated carbocycles. The number of hydrogen-bond acceptors (Lipinski definition) is 5. The van der Waals surface area contributed by atoms with Crippen molar-refractivity contribution < 1.29 is 17.7 Å². The predicted molar refractivity (Wildman–Crippen MR) is 76.1 cm³/mol. The van der Waals surface area contributed by atoms with E-state index in [-0.39, 0.29) is 17.3 Å². The third-order valence-electron chi connectivity index (χ3n) is 2.71. The molecule has 0 aliphatic rings. The summed E-state index contributed by atoms with van der Waals surface area (Å²) < 4.78 is 30.3. The fraction of sp³-hybridized carbons (Fsp3) is 0.231. The maximum absolute atomic E-state index is 12.2. The molecule has 112 valence electrons. The Morgan fingerprint density at radius 3 is 2.57 bits per heavy atom. The summed E-state index contributed by atoms with van der Waals surface area (Å²) in [7, 11) is -2.35. The zero-order valence-electron chi connectivity index (χ0n) is 11.6. The van der Waals surface area contributed by atoms with Crippen LogP contribution in [0.15, 0.2) is 45.8 Å². The highest BCUT2D eigenvalue weighted by molar-refractivity contribution is 7.89. The van der Waals surface area contributed by atoms with Crippen LogP contribution in [-0.4, -0.2) is 37.4 Å². The maximum atomic E-state index is 12.2. The second-order valence-electron chi connectivity index (χ2n) is 4.45. The number of amides is 1. The summed E-state index contributed by atoms with van der Waals surface area (Å²) in [6.45, 7) is 1.37. The molecule has 1 N–H and O–H groups in total. The average Bonchev–Trinajstić information content (AvgIpc) is 2.84. The molecule has 21 heavy (non-hydrogen) atoms.